The molecule has 0 aliphatic carbocycles. The minimum absolute atomic E-state index is 0.316. The number of nitrogens with zero attached hydrogens (tertiary/aromatic N) is 4. The minimum atomic E-state index is -0.316. The van der Waals surface area contributed by atoms with Crippen LogP contribution in [0.2, 0.25) is 0 Å². The molecular weight excluding hydrogens is 476 g/mol. The fourth-order valence-corrected chi connectivity index (χ4v) is 5.99. The molecule has 2 aliphatic rings. The Balaban J connectivity index is 1.04. The quantitative estimate of drug-likeness (QED) is 0.327. The zero-order chi connectivity index (χ0) is 26.1. The normalized spacial score (nSPS) is 16.9. The van der Waals surface area contributed by atoms with Gasteiger partial charge in [-0.05, 0) is 65.8 Å². The number of carbonyl (C=O) groups excluding carboxylic acids is 1. The molecule has 2 aromatic carbocycles. The maximum atomic E-state index is 11.7. The van der Waals surface area contributed by atoms with Crippen LogP contribution in [-0.4, -0.2) is 60.8 Å². The van der Waals surface area contributed by atoms with Crippen molar-refractivity contribution >= 4 is 22.7 Å². The van der Waals surface area contributed by atoms with E-state index in [2.05, 4.69) is 44.8 Å². The van der Waals surface area contributed by atoms with E-state index in [9.17, 15) is 4.79 Å². The van der Waals surface area contributed by atoms with Gasteiger partial charge in [0, 0.05) is 50.9 Å². The van der Waals surface area contributed by atoms with E-state index in [1.807, 2.05) is 42.6 Å². The fraction of sp³-hybridized carbons (Fsp3) is 0.355. The number of hydrogen-bond acceptors (Lipinski definition) is 6. The maximum Gasteiger partial charge on any atom is 0.337 e. The highest BCUT2D eigenvalue weighted by molar-refractivity contribution is 5.89. The Bertz CT molecular complexity index is 1410. The molecule has 0 atom stereocenters. The van der Waals surface area contributed by atoms with E-state index in [4.69, 9.17) is 14.5 Å². The number of hydrogen-bond donors (Lipinski definition) is 0. The number of ether oxygens (including phenoxy) is 2. The molecule has 2 saturated heterocycles. The van der Waals surface area contributed by atoms with Crippen LogP contribution in [0.5, 0.6) is 5.75 Å². The van der Waals surface area contributed by atoms with Gasteiger partial charge in [-0.2, -0.15) is 0 Å². The molecular formula is C31H34N4O3. The summed E-state index contributed by atoms with van der Waals surface area (Å²) in [5, 5.41) is 1.16. The largest absolute Gasteiger partial charge is 0.497 e. The molecule has 0 unspecified atom stereocenters. The van der Waals surface area contributed by atoms with Crippen molar-refractivity contribution in [1.29, 1.82) is 0 Å². The molecule has 38 heavy (non-hydrogen) atoms. The molecule has 0 N–H and O–H groups in total. The van der Waals surface area contributed by atoms with Gasteiger partial charge < -0.3 is 18.9 Å². The molecule has 0 amide bonds. The second-order valence-corrected chi connectivity index (χ2v) is 10.7. The molecule has 2 aliphatic heterocycles. The summed E-state index contributed by atoms with van der Waals surface area (Å²) in [7, 11) is 3.11. The number of methoxy groups -OCH3 is 2. The van der Waals surface area contributed by atoms with Crippen LogP contribution < -0.4 is 9.64 Å². The monoisotopic (exact) mass is 510 g/mol. The summed E-state index contributed by atoms with van der Waals surface area (Å²) in [6, 6.07) is 20.4. The van der Waals surface area contributed by atoms with Crippen molar-refractivity contribution in [3.63, 3.8) is 0 Å². The number of carbonyl (C=O) groups is 1. The summed E-state index contributed by atoms with van der Waals surface area (Å²) in [5.41, 5.74) is 5.68. The number of rotatable bonds is 7. The molecule has 0 saturated carbocycles. The highest BCUT2D eigenvalue weighted by Gasteiger charge is 2.44. The molecule has 0 radical (unpaired) electrons. The Morgan fingerprint density at radius 2 is 1.61 bits per heavy atom. The lowest BCUT2D eigenvalue weighted by Gasteiger charge is -2.54. The number of fused-ring (bicyclic) bond motifs is 1. The summed E-state index contributed by atoms with van der Waals surface area (Å²) >= 11 is 0. The molecule has 1 spiro atoms. The summed E-state index contributed by atoms with van der Waals surface area (Å²) in [6.07, 6.45) is 6.57. The number of pyridine rings is 1. The number of aromatic nitrogens is 2. The van der Waals surface area contributed by atoms with E-state index in [0.717, 1.165) is 42.0 Å². The SMILES string of the molecule is COC(=O)c1ccc(Cn2ccc3cc(N4CCC5(CC4)CN(Cc4ccc(OC)cc4)C5)cnc32)cc1. The topological polar surface area (TPSA) is 59.8 Å². The van der Waals surface area contributed by atoms with Gasteiger partial charge in [0.2, 0.25) is 0 Å². The minimum Gasteiger partial charge on any atom is -0.497 e. The van der Waals surface area contributed by atoms with E-state index in [1.54, 1.807) is 7.11 Å². The molecule has 7 heteroatoms. The lowest BCUT2D eigenvalue weighted by Crippen LogP contribution is -2.59. The van der Waals surface area contributed by atoms with Crippen LogP contribution in [0.4, 0.5) is 5.69 Å². The highest BCUT2D eigenvalue weighted by Crippen LogP contribution is 2.42. The zero-order valence-corrected chi connectivity index (χ0v) is 22.1. The summed E-state index contributed by atoms with van der Waals surface area (Å²) in [4.78, 5) is 21.6. The number of anilines is 1. The van der Waals surface area contributed by atoms with Gasteiger partial charge in [0.25, 0.3) is 0 Å². The van der Waals surface area contributed by atoms with Gasteiger partial charge in [-0.3, -0.25) is 4.90 Å². The van der Waals surface area contributed by atoms with Crippen LogP contribution in [0.25, 0.3) is 11.0 Å². The van der Waals surface area contributed by atoms with Gasteiger partial charge in [0.15, 0.2) is 0 Å². The van der Waals surface area contributed by atoms with Gasteiger partial charge >= 0.3 is 5.97 Å². The second-order valence-electron chi connectivity index (χ2n) is 10.7. The third-order valence-electron chi connectivity index (χ3n) is 8.19. The molecule has 6 rings (SSSR count). The van der Waals surface area contributed by atoms with Gasteiger partial charge in [-0.25, -0.2) is 9.78 Å². The van der Waals surface area contributed by atoms with Gasteiger partial charge in [0.1, 0.15) is 11.4 Å². The average molecular weight is 511 g/mol. The van der Waals surface area contributed by atoms with Crippen molar-refractivity contribution in [3.05, 3.63) is 89.7 Å². The third-order valence-corrected chi connectivity index (χ3v) is 8.19. The Morgan fingerprint density at radius 1 is 0.921 bits per heavy atom. The van der Waals surface area contributed by atoms with E-state index < -0.39 is 0 Å². The van der Waals surface area contributed by atoms with Gasteiger partial charge in [-0.15, -0.1) is 0 Å². The smallest absolute Gasteiger partial charge is 0.337 e. The average Bonchev–Trinajstić information content (AvgIpc) is 3.34. The Hall–Kier alpha value is -3.84. The molecule has 4 aromatic rings. The molecule has 4 heterocycles. The summed E-state index contributed by atoms with van der Waals surface area (Å²) in [6.45, 7) is 6.26. The predicted octanol–water partition coefficient (Wildman–Crippen LogP) is 4.98. The summed E-state index contributed by atoms with van der Waals surface area (Å²) in [5.74, 6) is 0.598. The second kappa shape index (κ2) is 10.1. The molecule has 2 aromatic heterocycles. The van der Waals surface area contributed by atoms with Crippen LogP contribution in [-0.2, 0) is 17.8 Å². The Labute approximate surface area is 223 Å². The molecule has 7 nitrogen and oxygen atoms in total. The summed E-state index contributed by atoms with van der Waals surface area (Å²) < 4.78 is 12.2. The van der Waals surface area contributed by atoms with E-state index in [0.29, 0.717) is 17.5 Å². The van der Waals surface area contributed by atoms with Crippen molar-refractivity contribution in [1.82, 2.24) is 14.5 Å². The number of benzene rings is 2. The number of likely N-dealkylation sites (tertiary alicyclic amines) is 1. The number of esters is 1. The lowest BCUT2D eigenvalue weighted by molar-refractivity contribution is -0.0240. The van der Waals surface area contributed by atoms with Gasteiger partial charge in [0.05, 0.1) is 31.7 Å². The first kappa shape index (κ1) is 24.5. The highest BCUT2D eigenvalue weighted by atomic mass is 16.5. The van der Waals surface area contributed by atoms with Crippen LogP contribution in [0.15, 0.2) is 73.1 Å². The van der Waals surface area contributed by atoms with Crippen molar-refractivity contribution in [2.75, 3.05) is 45.3 Å². The Kier molecular flexibility index (Phi) is 6.54. The van der Waals surface area contributed by atoms with Crippen molar-refractivity contribution < 1.29 is 14.3 Å². The molecule has 0 bridgehead atoms. The third kappa shape index (κ3) is 4.86. The Morgan fingerprint density at radius 3 is 2.29 bits per heavy atom. The molecule has 196 valence electrons. The van der Waals surface area contributed by atoms with E-state index >= 15 is 0 Å². The number of piperidine rings is 1. The van der Waals surface area contributed by atoms with Crippen LogP contribution in [0.1, 0.15) is 34.3 Å². The van der Waals surface area contributed by atoms with Crippen molar-refractivity contribution in [2.45, 2.75) is 25.9 Å². The first-order valence-corrected chi connectivity index (χ1v) is 13.3. The van der Waals surface area contributed by atoms with E-state index in [1.165, 1.54) is 44.3 Å². The van der Waals surface area contributed by atoms with Crippen molar-refractivity contribution in [2.24, 2.45) is 5.41 Å². The fourth-order valence-electron chi connectivity index (χ4n) is 5.99. The van der Waals surface area contributed by atoms with Gasteiger partial charge in [-0.1, -0.05) is 24.3 Å². The van der Waals surface area contributed by atoms with Crippen LogP contribution >= 0.6 is 0 Å². The van der Waals surface area contributed by atoms with E-state index in [-0.39, 0.29) is 5.97 Å². The van der Waals surface area contributed by atoms with Crippen LogP contribution in [0, 0.1) is 5.41 Å². The van der Waals surface area contributed by atoms with Crippen LogP contribution in [0.3, 0.4) is 0 Å². The lowest BCUT2D eigenvalue weighted by atomic mass is 9.72. The zero-order valence-electron chi connectivity index (χ0n) is 22.1. The first-order chi connectivity index (χ1) is 18.5. The van der Waals surface area contributed by atoms with Crippen molar-refractivity contribution in [3.8, 4) is 5.75 Å². The predicted molar refractivity (Wildman–Crippen MR) is 149 cm³/mol. The maximum absolute atomic E-state index is 11.7. The first-order valence-electron chi connectivity index (χ1n) is 13.3. The molecule has 2 fully saturated rings. The standard InChI is InChI=1S/C31H34N4O3/c1-37-28-9-5-23(6-10-28)19-33-21-31(22-33)12-15-34(16-13-31)27-17-26-11-14-35(29(26)32-18-27)20-24-3-7-25(8-4-24)30(36)38-2/h3-11,14,17-18H,12-13,15-16,19-22H2,1-2H3.